The SMILES string of the molecule is C#CCNCC(=O)NC1CCC(SCC)C1. The Labute approximate surface area is 102 Å². The van der Waals surface area contributed by atoms with Gasteiger partial charge in [0.05, 0.1) is 13.1 Å². The van der Waals surface area contributed by atoms with Crippen molar-refractivity contribution >= 4 is 17.7 Å². The van der Waals surface area contributed by atoms with Crippen LogP contribution in [-0.2, 0) is 4.79 Å². The summed E-state index contributed by atoms with van der Waals surface area (Å²) < 4.78 is 0. The van der Waals surface area contributed by atoms with Crippen LogP contribution in [0, 0.1) is 12.3 Å². The first kappa shape index (κ1) is 13.4. The number of hydrogen-bond acceptors (Lipinski definition) is 3. The van der Waals surface area contributed by atoms with Gasteiger partial charge in [0.15, 0.2) is 0 Å². The summed E-state index contributed by atoms with van der Waals surface area (Å²) in [4.78, 5) is 11.5. The minimum atomic E-state index is 0.0578. The maximum Gasteiger partial charge on any atom is 0.234 e. The van der Waals surface area contributed by atoms with Gasteiger partial charge in [-0.05, 0) is 25.0 Å². The smallest absolute Gasteiger partial charge is 0.234 e. The average molecular weight is 240 g/mol. The van der Waals surface area contributed by atoms with Gasteiger partial charge in [-0.2, -0.15) is 11.8 Å². The highest BCUT2D eigenvalue weighted by molar-refractivity contribution is 7.99. The van der Waals surface area contributed by atoms with E-state index >= 15 is 0 Å². The lowest BCUT2D eigenvalue weighted by Crippen LogP contribution is -2.39. The fourth-order valence-corrected chi connectivity index (χ4v) is 3.13. The van der Waals surface area contributed by atoms with Crippen LogP contribution in [0.3, 0.4) is 0 Å². The van der Waals surface area contributed by atoms with Crippen LogP contribution < -0.4 is 10.6 Å². The minimum Gasteiger partial charge on any atom is -0.352 e. The van der Waals surface area contributed by atoms with Crippen LogP contribution in [0.5, 0.6) is 0 Å². The third kappa shape index (κ3) is 4.91. The normalized spacial score (nSPS) is 24.0. The van der Waals surface area contributed by atoms with Gasteiger partial charge in [0.2, 0.25) is 5.91 Å². The molecule has 0 aromatic carbocycles. The van der Waals surface area contributed by atoms with Crippen molar-refractivity contribution in [3.05, 3.63) is 0 Å². The first-order chi connectivity index (χ1) is 7.76. The van der Waals surface area contributed by atoms with Gasteiger partial charge in [-0.3, -0.25) is 10.1 Å². The summed E-state index contributed by atoms with van der Waals surface area (Å²) in [5.41, 5.74) is 0. The number of carbonyl (C=O) groups is 1. The molecule has 0 aromatic heterocycles. The van der Waals surface area contributed by atoms with Gasteiger partial charge in [0, 0.05) is 11.3 Å². The van der Waals surface area contributed by atoms with Crippen molar-refractivity contribution < 1.29 is 4.79 Å². The standard InChI is InChI=1S/C12H20N2OS/c1-3-7-13-9-12(15)14-10-5-6-11(8-10)16-4-2/h1,10-11,13H,4-9H2,2H3,(H,14,15). The van der Waals surface area contributed by atoms with Crippen LogP contribution in [0.4, 0.5) is 0 Å². The molecule has 1 rings (SSSR count). The fraction of sp³-hybridized carbons (Fsp3) is 0.750. The van der Waals surface area contributed by atoms with Crippen molar-refractivity contribution in [2.45, 2.75) is 37.5 Å². The first-order valence-electron chi connectivity index (χ1n) is 5.81. The van der Waals surface area contributed by atoms with Crippen LogP contribution in [0.25, 0.3) is 0 Å². The molecule has 1 fully saturated rings. The average Bonchev–Trinajstić information content (AvgIpc) is 2.66. The molecule has 90 valence electrons. The summed E-state index contributed by atoms with van der Waals surface area (Å²) in [7, 11) is 0. The highest BCUT2D eigenvalue weighted by atomic mass is 32.2. The van der Waals surface area contributed by atoms with Gasteiger partial charge < -0.3 is 5.32 Å². The molecule has 16 heavy (non-hydrogen) atoms. The maximum atomic E-state index is 11.5. The maximum absolute atomic E-state index is 11.5. The zero-order chi connectivity index (χ0) is 11.8. The molecule has 1 saturated carbocycles. The second kappa shape index (κ2) is 7.59. The van der Waals surface area contributed by atoms with E-state index in [1.54, 1.807) is 0 Å². The quantitative estimate of drug-likeness (QED) is 0.537. The van der Waals surface area contributed by atoms with E-state index in [9.17, 15) is 4.79 Å². The van der Waals surface area contributed by atoms with Crippen molar-refractivity contribution in [3.63, 3.8) is 0 Å². The highest BCUT2D eigenvalue weighted by Gasteiger charge is 2.25. The molecule has 4 heteroatoms. The Morgan fingerprint density at radius 1 is 1.56 bits per heavy atom. The molecular weight excluding hydrogens is 220 g/mol. The van der Waals surface area contributed by atoms with E-state index in [1.165, 1.54) is 6.42 Å². The largest absolute Gasteiger partial charge is 0.352 e. The summed E-state index contributed by atoms with van der Waals surface area (Å²) in [6, 6.07) is 0.365. The lowest BCUT2D eigenvalue weighted by molar-refractivity contribution is -0.120. The molecule has 0 spiro atoms. The minimum absolute atomic E-state index is 0.0578. The summed E-state index contributed by atoms with van der Waals surface area (Å²) >= 11 is 2.00. The van der Waals surface area contributed by atoms with Gasteiger partial charge in [-0.25, -0.2) is 0 Å². The Balaban J connectivity index is 2.13. The van der Waals surface area contributed by atoms with Gasteiger partial charge >= 0.3 is 0 Å². The number of terminal acetylenes is 1. The third-order valence-corrected chi connectivity index (χ3v) is 3.90. The summed E-state index contributed by atoms with van der Waals surface area (Å²) in [6.45, 7) is 2.96. The molecule has 0 radical (unpaired) electrons. The lowest BCUT2D eigenvalue weighted by atomic mass is 10.2. The number of carbonyl (C=O) groups excluding carboxylic acids is 1. The molecule has 0 saturated heterocycles. The number of hydrogen-bond donors (Lipinski definition) is 2. The third-order valence-electron chi connectivity index (χ3n) is 2.66. The zero-order valence-corrected chi connectivity index (χ0v) is 10.6. The molecule has 2 unspecified atom stereocenters. The second-order valence-electron chi connectivity index (χ2n) is 3.96. The van der Waals surface area contributed by atoms with E-state index in [-0.39, 0.29) is 5.91 Å². The Hall–Kier alpha value is -0.660. The number of amides is 1. The molecule has 1 aliphatic rings. The van der Waals surface area contributed by atoms with E-state index in [1.807, 2.05) is 11.8 Å². The van der Waals surface area contributed by atoms with E-state index in [4.69, 9.17) is 6.42 Å². The molecule has 1 aliphatic carbocycles. The Morgan fingerprint density at radius 2 is 2.38 bits per heavy atom. The number of rotatable bonds is 6. The van der Waals surface area contributed by atoms with E-state index in [0.717, 1.165) is 23.8 Å². The van der Waals surface area contributed by atoms with Crippen molar-refractivity contribution in [1.29, 1.82) is 0 Å². The van der Waals surface area contributed by atoms with E-state index < -0.39 is 0 Å². The van der Waals surface area contributed by atoms with E-state index in [0.29, 0.717) is 19.1 Å². The van der Waals surface area contributed by atoms with Crippen molar-refractivity contribution in [3.8, 4) is 12.3 Å². The molecule has 3 nitrogen and oxygen atoms in total. The van der Waals surface area contributed by atoms with E-state index in [2.05, 4.69) is 23.5 Å². The van der Waals surface area contributed by atoms with Crippen LogP contribution >= 0.6 is 11.8 Å². The molecule has 1 amide bonds. The summed E-state index contributed by atoms with van der Waals surface area (Å²) in [6.07, 6.45) is 8.53. The van der Waals surface area contributed by atoms with Crippen LogP contribution in [0.2, 0.25) is 0 Å². The second-order valence-corrected chi connectivity index (χ2v) is 5.54. The Morgan fingerprint density at radius 3 is 3.06 bits per heavy atom. The molecule has 0 aliphatic heterocycles. The van der Waals surface area contributed by atoms with Crippen LogP contribution in [-0.4, -0.2) is 36.0 Å². The van der Waals surface area contributed by atoms with Crippen molar-refractivity contribution in [2.75, 3.05) is 18.8 Å². The number of thioether (sulfide) groups is 1. The van der Waals surface area contributed by atoms with Gasteiger partial charge in [0.1, 0.15) is 0 Å². The Kier molecular flexibility index (Phi) is 6.36. The molecule has 0 heterocycles. The lowest BCUT2D eigenvalue weighted by Gasteiger charge is -2.13. The van der Waals surface area contributed by atoms with Gasteiger partial charge in [-0.1, -0.05) is 12.8 Å². The predicted octanol–water partition coefficient (Wildman–Crippen LogP) is 1.000. The van der Waals surface area contributed by atoms with Crippen molar-refractivity contribution in [1.82, 2.24) is 10.6 Å². The summed E-state index contributed by atoms with van der Waals surface area (Å²) in [5.74, 6) is 3.67. The topological polar surface area (TPSA) is 41.1 Å². The van der Waals surface area contributed by atoms with Crippen LogP contribution in [0.15, 0.2) is 0 Å². The van der Waals surface area contributed by atoms with Crippen molar-refractivity contribution in [2.24, 2.45) is 0 Å². The number of nitrogens with one attached hydrogen (secondary N) is 2. The molecule has 0 aromatic rings. The predicted molar refractivity (Wildman–Crippen MR) is 69.4 cm³/mol. The van der Waals surface area contributed by atoms with Gasteiger partial charge in [0.25, 0.3) is 0 Å². The van der Waals surface area contributed by atoms with Crippen LogP contribution in [0.1, 0.15) is 26.2 Å². The van der Waals surface area contributed by atoms with Gasteiger partial charge in [-0.15, -0.1) is 6.42 Å². The monoisotopic (exact) mass is 240 g/mol. The Bertz CT molecular complexity index is 262. The fourth-order valence-electron chi connectivity index (χ4n) is 1.99. The summed E-state index contributed by atoms with van der Waals surface area (Å²) in [5, 5.41) is 6.67. The first-order valence-corrected chi connectivity index (χ1v) is 6.86. The molecule has 2 N–H and O–H groups in total. The molecule has 2 atom stereocenters. The molecule has 0 bridgehead atoms. The zero-order valence-electron chi connectivity index (χ0n) is 9.79. The highest BCUT2D eigenvalue weighted by Crippen LogP contribution is 2.29. The molecular formula is C12H20N2OS.